The monoisotopic (exact) mass is 552 g/mol. The number of carbonyl (C=O) groups excluding carboxylic acids is 1. The molecule has 5 rings (SSSR count). The number of aromatic nitrogens is 2. The number of piperazine rings is 1. The van der Waals surface area contributed by atoms with Crippen molar-refractivity contribution >= 4 is 11.9 Å². The van der Waals surface area contributed by atoms with E-state index in [-0.39, 0.29) is 6.09 Å². The van der Waals surface area contributed by atoms with Crippen molar-refractivity contribution in [3.05, 3.63) is 102 Å². The van der Waals surface area contributed by atoms with Crippen LogP contribution in [0.15, 0.2) is 91.0 Å². The van der Waals surface area contributed by atoms with E-state index in [1.54, 1.807) is 4.90 Å². The molecule has 1 saturated heterocycles. The summed E-state index contributed by atoms with van der Waals surface area (Å²) in [5, 5.41) is 0. The lowest BCUT2D eigenvalue weighted by Gasteiger charge is -2.34. The third-order valence-electron chi connectivity index (χ3n) is 6.88. The van der Waals surface area contributed by atoms with E-state index in [4.69, 9.17) is 24.2 Å². The summed E-state index contributed by atoms with van der Waals surface area (Å²) in [6.45, 7) is 5.89. The summed E-state index contributed by atoms with van der Waals surface area (Å²) < 4.78 is 17.6. The highest BCUT2D eigenvalue weighted by molar-refractivity contribution is 5.69. The fourth-order valence-electron chi connectivity index (χ4n) is 4.53. The van der Waals surface area contributed by atoms with E-state index in [0.29, 0.717) is 57.8 Å². The minimum absolute atomic E-state index is 0.235. The maximum absolute atomic E-state index is 12.3. The van der Waals surface area contributed by atoms with Crippen molar-refractivity contribution in [1.82, 2.24) is 14.9 Å². The van der Waals surface area contributed by atoms with Crippen molar-refractivity contribution in [3.63, 3.8) is 0 Å². The van der Waals surface area contributed by atoms with E-state index < -0.39 is 0 Å². The van der Waals surface area contributed by atoms with Gasteiger partial charge in [-0.15, -0.1) is 0 Å². The largest absolute Gasteiger partial charge is 0.473 e. The molecule has 1 fully saturated rings. The van der Waals surface area contributed by atoms with Gasteiger partial charge in [-0.05, 0) is 35.7 Å². The highest BCUT2D eigenvalue weighted by atomic mass is 16.6. The number of anilines is 1. The zero-order chi connectivity index (χ0) is 28.3. The number of hydrogen-bond acceptors (Lipinski definition) is 7. The molecule has 0 bridgehead atoms. The topological polar surface area (TPSA) is 77.0 Å². The lowest BCUT2D eigenvalue weighted by molar-refractivity contribution is 0.0989. The Kier molecular flexibility index (Phi) is 9.66. The van der Waals surface area contributed by atoms with Crippen LogP contribution in [0.5, 0.6) is 11.8 Å². The molecule has 0 N–H and O–H groups in total. The molecular formula is C33H36N4O4. The first kappa shape index (κ1) is 28.0. The Labute approximate surface area is 241 Å². The molecule has 2 aromatic heterocycles. The summed E-state index contributed by atoms with van der Waals surface area (Å²) in [6.07, 6.45) is 1.65. The van der Waals surface area contributed by atoms with Crippen LogP contribution in [0.1, 0.15) is 30.9 Å². The highest BCUT2D eigenvalue weighted by Crippen LogP contribution is 2.31. The third-order valence-corrected chi connectivity index (χ3v) is 6.88. The summed E-state index contributed by atoms with van der Waals surface area (Å²) in [5.74, 6) is 1.79. The minimum Gasteiger partial charge on any atom is -0.473 e. The molecule has 1 aliphatic heterocycles. The molecule has 212 valence electrons. The van der Waals surface area contributed by atoms with Crippen molar-refractivity contribution in [2.45, 2.75) is 33.0 Å². The number of hydrogen-bond donors (Lipinski definition) is 0. The van der Waals surface area contributed by atoms with Gasteiger partial charge in [-0.3, -0.25) is 0 Å². The fraction of sp³-hybridized carbons (Fsp3) is 0.303. The van der Waals surface area contributed by atoms with Gasteiger partial charge in [0.1, 0.15) is 19.0 Å². The molecule has 0 radical (unpaired) electrons. The Hall–Kier alpha value is -4.59. The van der Waals surface area contributed by atoms with Crippen LogP contribution in [0.3, 0.4) is 0 Å². The highest BCUT2D eigenvalue weighted by Gasteiger charge is 2.23. The smallest absolute Gasteiger partial charge is 0.409 e. The van der Waals surface area contributed by atoms with Crippen LogP contribution in [-0.2, 0) is 18.0 Å². The summed E-state index contributed by atoms with van der Waals surface area (Å²) in [4.78, 5) is 26.0. The molecule has 3 heterocycles. The first-order chi connectivity index (χ1) is 20.2. The third kappa shape index (κ3) is 7.75. The van der Waals surface area contributed by atoms with Crippen molar-refractivity contribution in [2.24, 2.45) is 0 Å². The maximum atomic E-state index is 12.3. The molecule has 8 heteroatoms. The SMILES string of the molecule is CCCCOC(=O)N1CCN(c2cccc(-c3ccc(OCc4ccccc4)nc3OCc3ccccc3)n2)CC1. The molecule has 2 aromatic carbocycles. The number of carbonyl (C=O) groups is 1. The Morgan fingerprint density at radius 2 is 1.44 bits per heavy atom. The van der Waals surface area contributed by atoms with Crippen LogP contribution in [0.25, 0.3) is 11.3 Å². The van der Waals surface area contributed by atoms with Crippen molar-refractivity contribution in [3.8, 4) is 23.0 Å². The second-order valence-corrected chi connectivity index (χ2v) is 9.87. The summed E-state index contributed by atoms with van der Waals surface area (Å²) >= 11 is 0. The molecule has 4 aromatic rings. The van der Waals surface area contributed by atoms with E-state index in [1.165, 1.54) is 0 Å². The molecule has 8 nitrogen and oxygen atoms in total. The van der Waals surface area contributed by atoms with E-state index in [2.05, 4.69) is 11.8 Å². The first-order valence-electron chi connectivity index (χ1n) is 14.2. The summed E-state index contributed by atoms with van der Waals surface area (Å²) in [5.41, 5.74) is 3.65. The van der Waals surface area contributed by atoms with E-state index in [9.17, 15) is 4.79 Å². The molecule has 0 atom stereocenters. The molecule has 0 spiro atoms. The molecule has 0 saturated carbocycles. The predicted octanol–water partition coefficient (Wildman–Crippen LogP) is 6.36. The van der Waals surface area contributed by atoms with Gasteiger partial charge in [-0.25, -0.2) is 9.78 Å². The lowest BCUT2D eigenvalue weighted by Crippen LogP contribution is -2.49. The van der Waals surface area contributed by atoms with Gasteiger partial charge in [0.2, 0.25) is 11.8 Å². The van der Waals surface area contributed by atoms with Crippen LogP contribution in [0, 0.1) is 0 Å². The van der Waals surface area contributed by atoms with Crippen LogP contribution in [0.4, 0.5) is 10.6 Å². The standard InChI is InChI=1S/C33H36N4O4/c1-2-3-23-39-33(38)37-21-19-36(20-22-37)30-16-10-15-29(34-30)28-17-18-31(40-24-26-11-6-4-7-12-26)35-32(28)41-25-27-13-8-5-9-14-27/h4-18H,2-3,19-25H2,1H3. The number of nitrogens with zero attached hydrogens (tertiary/aromatic N) is 4. The van der Waals surface area contributed by atoms with E-state index >= 15 is 0 Å². The van der Waals surface area contributed by atoms with Crippen molar-refractivity contribution < 1.29 is 19.0 Å². The second-order valence-electron chi connectivity index (χ2n) is 9.87. The average Bonchev–Trinajstić information content (AvgIpc) is 3.04. The Morgan fingerprint density at radius 3 is 2.12 bits per heavy atom. The van der Waals surface area contributed by atoms with Gasteiger partial charge < -0.3 is 24.0 Å². The maximum Gasteiger partial charge on any atom is 0.409 e. The normalized spacial score (nSPS) is 13.1. The Balaban J connectivity index is 1.31. The van der Waals surface area contributed by atoms with Crippen LogP contribution in [-0.4, -0.2) is 53.7 Å². The van der Waals surface area contributed by atoms with Gasteiger partial charge in [-0.2, -0.15) is 4.98 Å². The van der Waals surface area contributed by atoms with Crippen molar-refractivity contribution in [1.29, 1.82) is 0 Å². The van der Waals surface area contributed by atoms with Crippen LogP contribution in [0.2, 0.25) is 0 Å². The average molecular weight is 553 g/mol. The summed E-state index contributed by atoms with van der Waals surface area (Å²) in [6, 6.07) is 29.7. The molecule has 0 unspecified atom stereocenters. The lowest BCUT2D eigenvalue weighted by atomic mass is 10.1. The molecule has 1 amide bonds. The number of amides is 1. The molecule has 0 aliphatic carbocycles. The molecule has 41 heavy (non-hydrogen) atoms. The van der Waals surface area contributed by atoms with Gasteiger partial charge >= 0.3 is 6.09 Å². The predicted molar refractivity (Wildman–Crippen MR) is 159 cm³/mol. The molecule has 1 aliphatic rings. The van der Waals surface area contributed by atoms with Crippen LogP contribution >= 0.6 is 0 Å². The number of benzene rings is 2. The zero-order valence-corrected chi connectivity index (χ0v) is 23.4. The van der Waals surface area contributed by atoms with Gasteiger partial charge in [0, 0.05) is 32.2 Å². The first-order valence-corrected chi connectivity index (χ1v) is 14.2. The van der Waals surface area contributed by atoms with Gasteiger partial charge in [0.25, 0.3) is 0 Å². The van der Waals surface area contributed by atoms with Crippen LogP contribution < -0.4 is 14.4 Å². The zero-order valence-electron chi connectivity index (χ0n) is 23.4. The Morgan fingerprint density at radius 1 is 0.756 bits per heavy atom. The number of rotatable bonds is 11. The van der Waals surface area contributed by atoms with Gasteiger partial charge in [0.05, 0.1) is 17.9 Å². The minimum atomic E-state index is -0.235. The fourth-order valence-corrected chi connectivity index (χ4v) is 4.53. The van der Waals surface area contributed by atoms with E-state index in [0.717, 1.165) is 41.0 Å². The Bertz CT molecular complexity index is 1390. The quantitative estimate of drug-likeness (QED) is 0.200. The number of ether oxygens (including phenoxy) is 3. The second kappa shape index (κ2) is 14.2. The van der Waals surface area contributed by atoms with E-state index in [1.807, 2.05) is 91.0 Å². The van der Waals surface area contributed by atoms with Gasteiger partial charge in [0.15, 0.2) is 0 Å². The van der Waals surface area contributed by atoms with Gasteiger partial charge in [-0.1, -0.05) is 80.1 Å². The number of pyridine rings is 2. The number of unbranched alkanes of at least 4 members (excludes halogenated alkanes) is 1. The molecular weight excluding hydrogens is 516 g/mol. The summed E-state index contributed by atoms with van der Waals surface area (Å²) in [7, 11) is 0. The van der Waals surface area contributed by atoms with Crippen molar-refractivity contribution in [2.75, 3.05) is 37.7 Å².